The van der Waals surface area contributed by atoms with Crippen LogP contribution in [0.15, 0.2) is 30.6 Å². The van der Waals surface area contributed by atoms with Gasteiger partial charge in [0.25, 0.3) is 5.91 Å². The van der Waals surface area contributed by atoms with E-state index in [9.17, 15) is 18.0 Å². The highest BCUT2D eigenvalue weighted by Gasteiger charge is 2.45. The Balaban J connectivity index is 1.83. The molecule has 2 aromatic rings. The average molecular weight is 391 g/mol. The first-order chi connectivity index (χ1) is 13.3. The van der Waals surface area contributed by atoms with Gasteiger partial charge < -0.3 is 10.5 Å². The molecule has 2 heterocycles. The molecule has 28 heavy (non-hydrogen) atoms. The van der Waals surface area contributed by atoms with Gasteiger partial charge in [-0.2, -0.15) is 13.2 Å². The van der Waals surface area contributed by atoms with Crippen molar-refractivity contribution in [1.82, 2.24) is 9.97 Å². The molecule has 0 radical (unpaired) electrons. The molecule has 2 fully saturated rings. The normalized spacial score (nSPS) is 18.0. The summed E-state index contributed by atoms with van der Waals surface area (Å²) in [5.41, 5.74) is 5.33. The van der Waals surface area contributed by atoms with Crippen LogP contribution < -0.4 is 10.5 Å². The number of nitrogens with zero attached hydrogens (tertiary/aromatic N) is 2. The van der Waals surface area contributed by atoms with Crippen LogP contribution in [0.25, 0.3) is 0 Å². The van der Waals surface area contributed by atoms with E-state index in [4.69, 9.17) is 10.5 Å². The van der Waals surface area contributed by atoms with E-state index in [1.54, 1.807) is 0 Å². The van der Waals surface area contributed by atoms with Gasteiger partial charge in [-0.3, -0.25) is 9.78 Å². The maximum atomic E-state index is 14.0. The van der Waals surface area contributed by atoms with Crippen molar-refractivity contribution in [1.29, 1.82) is 0 Å². The zero-order valence-electron chi connectivity index (χ0n) is 15.1. The summed E-state index contributed by atoms with van der Waals surface area (Å²) >= 11 is 0. The lowest BCUT2D eigenvalue weighted by atomic mass is 9.88. The molecule has 1 atom stereocenters. The molecule has 5 nitrogen and oxygen atoms in total. The van der Waals surface area contributed by atoms with Crippen molar-refractivity contribution in [2.24, 2.45) is 11.7 Å². The number of alkyl halides is 3. The summed E-state index contributed by atoms with van der Waals surface area (Å²) in [6, 6.07) is 4.18. The Bertz CT molecular complexity index is 878. The lowest BCUT2D eigenvalue weighted by Crippen LogP contribution is -2.27. The van der Waals surface area contributed by atoms with Gasteiger partial charge in [0.1, 0.15) is 11.6 Å². The minimum absolute atomic E-state index is 0.0623. The van der Waals surface area contributed by atoms with E-state index in [1.165, 1.54) is 24.4 Å². The van der Waals surface area contributed by atoms with Gasteiger partial charge in [0.05, 0.1) is 6.61 Å². The molecule has 4 rings (SSSR count). The first-order valence-corrected chi connectivity index (χ1v) is 9.28. The second-order valence-electron chi connectivity index (χ2n) is 7.47. The summed E-state index contributed by atoms with van der Waals surface area (Å²) in [6.07, 6.45) is 1.77. The van der Waals surface area contributed by atoms with Crippen molar-refractivity contribution >= 4 is 5.91 Å². The molecule has 0 spiro atoms. The van der Waals surface area contributed by atoms with E-state index < -0.39 is 23.7 Å². The van der Waals surface area contributed by atoms with Crippen LogP contribution in [0.3, 0.4) is 0 Å². The molecule has 0 saturated heterocycles. The van der Waals surface area contributed by atoms with Gasteiger partial charge in [-0.15, -0.1) is 0 Å². The summed E-state index contributed by atoms with van der Waals surface area (Å²) in [7, 11) is 0. The standard InChI is InChI=1S/C20H20F3N3O2/c21-20(22,23)16(13-2-1-7-25-9-13)15-8-14(12-5-6-12)19(26-17(15)18(24)27)28-10-11-3-4-11/h1-2,7-9,11-12,16H,3-6,10H2,(H2,24,27)/t16-/m1/s1. The number of hydrogen-bond acceptors (Lipinski definition) is 4. The first kappa shape index (κ1) is 18.7. The van der Waals surface area contributed by atoms with Gasteiger partial charge in [-0.05, 0) is 55.2 Å². The predicted molar refractivity (Wildman–Crippen MR) is 95.1 cm³/mol. The SMILES string of the molecule is NC(=O)c1nc(OCC2CC2)c(C2CC2)cc1[C@@H](c1cccnc1)C(F)(F)F. The van der Waals surface area contributed by atoms with Crippen molar-refractivity contribution in [3.05, 3.63) is 53.0 Å². The number of ether oxygens (including phenoxy) is 1. The number of hydrogen-bond donors (Lipinski definition) is 1. The number of carbonyl (C=O) groups is 1. The highest BCUT2D eigenvalue weighted by Crippen LogP contribution is 2.48. The summed E-state index contributed by atoms with van der Waals surface area (Å²) in [6.45, 7) is 0.454. The van der Waals surface area contributed by atoms with Crippen LogP contribution in [0, 0.1) is 5.92 Å². The van der Waals surface area contributed by atoms with Crippen LogP contribution in [-0.4, -0.2) is 28.7 Å². The Hall–Kier alpha value is -2.64. The van der Waals surface area contributed by atoms with E-state index in [-0.39, 0.29) is 22.9 Å². The number of rotatable bonds is 7. The number of carbonyl (C=O) groups excluding carboxylic acids is 1. The number of pyridine rings is 2. The minimum Gasteiger partial charge on any atom is -0.477 e. The number of amides is 1. The number of nitrogens with two attached hydrogens (primary N) is 1. The Kier molecular flexibility index (Phi) is 4.72. The summed E-state index contributed by atoms with van der Waals surface area (Å²) in [4.78, 5) is 20.0. The Morgan fingerprint density at radius 2 is 2.04 bits per heavy atom. The zero-order chi connectivity index (χ0) is 19.9. The lowest BCUT2D eigenvalue weighted by molar-refractivity contribution is -0.141. The summed E-state index contributed by atoms with van der Waals surface area (Å²) < 4.78 is 47.8. The van der Waals surface area contributed by atoms with Crippen LogP contribution in [-0.2, 0) is 0 Å². The molecular weight excluding hydrogens is 371 g/mol. The van der Waals surface area contributed by atoms with Crippen molar-refractivity contribution in [2.75, 3.05) is 6.61 Å². The fourth-order valence-corrected chi connectivity index (χ4v) is 3.32. The Morgan fingerprint density at radius 1 is 1.29 bits per heavy atom. The fourth-order valence-electron chi connectivity index (χ4n) is 3.32. The van der Waals surface area contributed by atoms with E-state index in [0.717, 1.165) is 31.9 Å². The Labute approximate surface area is 160 Å². The molecule has 1 amide bonds. The van der Waals surface area contributed by atoms with Gasteiger partial charge in [0.15, 0.2) is 0 Å². The molecule has 148 valence electrons. The second kappa shape index (κ2) is 7.07. The van der Waals surface area contributed by atoms with E-state index in [1.807, 2.05) is 0 Å². The lowest BCUT2D eigenvalue weighted by Gasteiger charge is -2.24. The van der Waals surface area contributed by atoms with Crippen LogP contribution in [0.1, 0.15) is 64.7 Å². The van der Waals surface area contributed by atoms with Crippen LogP contribution in [0.2, 0.25) is 0 Å². The molecule has 2 N–H and O–H groups in total. The molecule has 2 aromatic heterocycles. The number of halogens is 3. The molecule has 2 saturated carbocycles. The third-order valence-corrected chi connectivity index (χ3v) is 5.10. The molecule has 0 aliphatic heterocycles. The van der Waals surface area contributed by atoms with E-state index in [0.29, 0.717) is 18.1 Å². The summed E-state index contributed by atoms with van der Waals surface area (Å²) in [5.74, 6) is -2.26. The molecular formula is C20H20F3N3O2. The molecule has 0 bridgehead atoms. The number of aromatic nitrogens is 2. The van der Waals surface area contributed by atoms with Crippen molar-refractivity contribution in [3.63, 3.8) is 0 Å². The maximum Gasteiger partial charge on any atom is 0.399 e. The highest BCUT2D eigenvalue weighted by atomic mass is 19.4. The van der Waals surface area contributed by atoms with E-state index >= 15 is 0 Å². The van der Waals surface area contributed by atoms with Crippen LogP contribution in [0.5, 0.6) is 5.88 Å². The smallest absolute Gasteiger partial charge is 0.399 e. The van der Waals surface area contributed by atoms with Gasteiger partial charge >= 0.3 is 6.18 Å². The van der Waals surface area contributed by atoms with Crippen molar-refractivity contribution < 1.29 is 22.7 Å². The van der Waals surface area contributed by atoms with E-state index in [2.05, 4.69) is 9.97 Å². The van der Waals surface area contributed by atoms with Crippen LogP contribution in [0.4, 0.5) is 13.2 Å². The highest BCUT2D eigenvalue weighted by molar-refractivity contribution is 5.93. The largest absolute Gasteiger partial charge is 0.477 e. The fraction of sp³-hybridized carbons (Fsp3) is 0.450. The van der Waals surface area contributed by atoms with Crippen molar-refractivity contribution in [2.45, 2.75) is 43.7 Å². The predicted octanol–water partition coefficient (Wildman–Crippen LogP) is 3.94. The third-order valence-electron chi connectivity index (χ3n) is 5.10. The molecule has 8 heteroatoms. The topological polar surface area (TPSA) is 78.1 Å². The van der Waals surface area contributed by atoms with Gasteiger partial charge in [-0.25, -0.2) is 4.98 Å². The van der Waals surface area contributed by atoms with Gasteiger partial charge in [-0.1, -0.05) is 6.07 Å². The number of primary amides is 1. The summed E-state index contributed by atoms with van der Waals surface area (Å²) in [5, 5.41) is 0. The molecule has 0 aromatic carbocycles. The quantitative estimate of drug-likeness (QED) is 0.776. The molecule has 2 aliphatic carbocycles. The van der Waals surface area contributed by atoms with Crippen LogP contribution >= 0.6 is 0 Å². The van der Waals surface area contributed by atoms with Gasteiger partial charge in [0, 0.05) is 23.5 Å². The third kappa shape index (κ3) is 3.95. The maximum absolute atomic E-state index is 14.0. The Morgan fingerprint density at radius 3 is 2.57 bits per heavy atom. The van der Waals surface area contributed by atoms with Crippen molar-refractivity contribution in [3.8, 4) is 5.88 Å². The molecule has 0 unspecified atom stereocenters. The second-order valence-corrected chi connectivity index (χ2v) is 7.47. The minimum atomic E-state index is -4.63. The first-order valence-electron chi connectivity index (χ1n) is 9.28. The van der Waals surface area contributed by atoms with Gasteiger partial charge in [0.2, 0.25) is 5.88 Å². The molecule has 2 aliphatic rings. The monoisotopic (exact) mass is 391 g/mol. The zero-order valence-corrected chi connectivity index (χ0v) is 15.1. The average Bonchev–Trinajstić information content (AvgIpc) is 3.54.